The molecular weight excluding hydrogens is 234 g/mol. The van der Waals surface area contributed by atoms with Gasteiger partial charge in [0.15, 0.2) is 0 Å². The average Bonchev–Trinajstić information content (AvgIpc) is 2.32. The third kappa shape index (κ3) is 5.56. The molecule has 0 heterocycles. The van der Waals surface area contributed by atoms with Crippen LogP contribution >= 0.6 is 0 Å². The van der Waals surface area contributed by atoms with Crippen LogP contribution in [0.5, 0.6) is 0 Å². The molecule has 0 bridgehead atoms. The van der Waals surface area contributed by atoms with Gasteiger partial charge in [-0.15, -0.1) is 0 Å². The molecule has 1 aromatic carbocycles. The normalized spacial score (nSPS) is 11.2. The van der Waals surface area contributed by atoms with Crippen molar-refractivity contribution < 1.29 is 8.78 Å². The highest BCUT2D eigenvalue weighted by Gasteiger charge is 2.02. The molecule has 4 heteroatoms. The minimum atomic E-state index is -0.520. The molecule has 0 radical (unpaired) electrons. The SMILES string of the molecule is CCCN(CC)CCNCc1cc(F)cc(F)c1. The van der Waals surface area contributed by atoms with Crippen LogP contribution in [0.1, 0.15) is 25.8 Å². The molecule has 0 amide bonds. The lowest BCUT2D eigenvalue weighted by Gasteiger charge is -2.19. The lowest BCUT2D eigenvalue weighted by Crippen LogP contribution is -2.32. The fourth-order valence-corrected chi connectivity index (χ4v) is 1.93. The Labute approximate surface area is 108 Å². The number of rotatable bonds is 8. The van der Waals surface area contributed by atoms with E-state index in [1.165, 1.54) is 12.1 Å². The van der Waals surface area contributed by atoms with E-state index in [4.69, 9.17) is 0 Å². The average molecular weight is 256 g/mol. The first-order chi connectivity index (χ1) is 8.65. The molecule has 0 spiro atoms. The third-order valence-corrected chi connectivity index (χ3v) is 2.84. The van der Waals surface area contributed by atoms with E-state index < -0.39 is 11.6 Å². The summed E-state index contributed by atoms with van der Waals surface area (Å²) in [6.07, 6.45) is 1.14. The molecular formula is C14H22F2N2. The maximum atomic E-state index is 12.9. The lowest BCUT2D eigenvalue weighted by atomic mass is 10.2. The molecule has 0 saturated heterocycles. The zero-order valence-corrected chi connectivity index (χ0v) is 11.2. The van der Waals surface area contributed by atoms with Crippen molar-refractivity contribution in [2.45, 2.75) is 26.8 Å². The molecule has 102 valence electrons. The van der Waals surface area contributed by atoms with E-state index in [9.17, 15) is 8.78 Å². The smallest absolute Gasteiger partial charge is 0.126 e. The first-order valence-corrected chi connectivity index (χ1v) is 6.53. The van der Waals surface area contributed by atoms with Gasteiger partial charge in [-0.1, -0.05) is 13.8 Å². The molecule has 0 aliphatic heterocycles. The summed E-state index contributed by atoms with van der Waals surface area (Å²) in [4.78, 5) is 2.35. The fraction of sp³-hybridized carbons (Fsp3) is 0.571. The molecule has 0 aliphatic rings. The Bertz CT molecular complexity index is 335. The summed E-state index contributed by atoms with van der Waals surface area (Å²) in [5.41, 5.74) is 0.644. The summed E-state index contributed by atoms with van der Waals surface area (Å²) in [5, 5.41) is 3.20. The highest BCUT2D eigenvalue weighted by Crippen LogP contribution is 2.07. The van der Waals surface area contributed by atoms with Crippen LogP contribution in [-0.4, -0.2) is 31.1 Å². The van der Waals surface area contributed by atoms with E-state index in [1.54, 1.807) is 0 Å². The molecule has 0 aromatic heterocycles. The van der Waals surface area contributed by atoms with Crippen LogP contribution in [0.4, 0.5) is 8.78 Å². The van der Waals surface area contributed by atoms with Crippen molar-refractivity contribution >= 4 is 0 Å². The maximum Gasteiger partial charge on any atom is 0.126 e. The summed E-state index contributed by atoms with van der Waals surface area (Å²) >= 11 is 0. The molecule has 0 atom stereocenters. The predicted octanol–water partition coefficient (Wildman–Crippen LogP) is 2.79. The van der Waals surface area contributed by atoms with E-state index in [-0.39, 0.29) is 0 Å². The molecule has 1 N–H and O–H groups in total. The van der Waals surface area contributed by atoms with Gasteiger partial charge in [-0.2, -0.15) is 0 Å². The number of nitrogens with zero attached hydrogens (tertiary/aromatic N) is 1. The van der Waals surface area contributed by atoms with Crippen molar-refractivity contribution in [3.63, 3.8) is 0 Å². The van der Waals surface area contributed by atoms with Gasteiger partial charge < -0.3 is 10.2 Å². The van der Waals surface area contributed by atoms with Crippen LogP contribution in [0.25, 0.3) is 0 Å². The summed E-state index contributed by atoms with van der Waals surface area (Å²) in [6.45, 7) is 8.70. The highest BCUT2D eigenvalue weighted by molar-refractivity contribution is 5.17. The van der Waals surface area contributed by atoms with Crippen LogP contribution in [0.15, 0.2) is 18.2 Å². The molecule has 2 nitrogen and oxygen atoms in total. The van der Waals surface area contributed by atoms with Crippen molar-refractivity contribution in [2.24, 2.45) is 0 Å². The van der Waals surface area contributed by atoms with Gasteiger partial charge in [-0.05, 0) is 37.2 Å². The fourth-order valence-electron chi connectivity index (χ4n) is 1.93. The molecule has 0 saturated carbocycles. The van der Waals surface area contributed by atoms with E-state index in [1.807, 2.05) is 0 Å². The molecule has 18 heavy (non-hydrogen) atoms. The van der Waals surface area contributed by atoms with Crippen molar-refractivity contribution in [3.05, 3.63) is 35.4 Å². The summed E-state index contributed by atoms with van der Waals surface area (Å²) in [6, 6.07) is 3.61. The summed E-state index contributed by atoms with van der Waals surface area (Å²) in [7, 11) is 0. The molecule has 0 unspecified atom stereocenters. The lowest BCUT2D eigenvalue weighted by molar-refractivity contribution is 0.287. The Hall–Kier alpha value is -1.00. The molecule has 0 aliphatic carbocycles. The summed E-state index contributed by atoms with van der Waals surface area (Å²) in [5.74, 6) is -1.04. The first-order valence-electron chi connectivity index (χ1n) is 6.53. The van der Waals surface area contributed by atoms with E-state index >= 15 is 0 Å². The van der Waals surface area contributed by atoms with E-state index in [2.05, 4.69) is 24.1 Å². The second kappa shape index (κ2) is 8.16. The summed E-state index contributed by atoms with van der Waals surface area (Å²) < 4.78 is 25.9. The van der Waals surface area contributed by atoms with Gasteiger partial charge in [0.2, 0.25) is 0 Å². The van der Waals surface area contributed by atoms with Crippen LogP contribution in [-0.2, 0) is 6.54 Å². The zero-order chi connectivity index (χ0) is 13.4. The van der Waals surface area contributed by atoms with Crippen molar-refractivity contribution in [3.8, 4) is 0 Å². The molecule has 0 fully saturated rings. The van der Waals surface area contributed by atoms with Gasteiger partial charge in [-0.3, -0.25) is 0 Å². The van der Waals surface area contributed by atoms with Gasteiger partial charge in [0.1, 0.15) is 11.6 Å². The molecule has 1 rings (SSSR count). The number of halogens is 2. The standard InChI is InChI=1S/C14H22F2N2/c1-3-6-18(4-2)7-5-17-11-12-8-13(15)10-14(16)9-12/h8-10,17H,3-7,11H2,1-2H3. The van der Waals surface area contributed by atoms with E-state index in [0.717, 1.165) is 38.7 Å². The van der Waals surface area contributed by atoms with Crippen LogP contribution in [0.3, 0.4) is 0 Å². The van der Waals surface area contributed by atoms with Gasteiger partial charge >= 0.3 is 0 Å². The zero-order valence-electron chi connectivity index (χ0n) is 11.2. The van der Waals surface area contributed by atoms with Crippen LogP contribution in [0.2, 0.25) is 0 Å². The second-order valence-corrected chi connectivity index (χ2v) is 4.39. The van der Waals surface area contributed by atoms with Crippen LogP contribution < -0.4 is 5.32 Å². The quantitative estimate of drug-likeness (QED) is 0.719. The van der Waals surface area contributed by atoms with Gasteiger partial charge in [-0.25, -0.2) is 8.78 Å². The van der Waals surface area contributed by atoms with Crippen molar-refractivity contribution in [1.82, 2.24) is 10.2 Å². The number of hydrogen-bond acceptors (Lipinski definition) is 2. The predicted molar refractivity (Wildman–Crippen MR) is 70.5 cm³/mol. The van der Waals surface area contributed by atoms with Gasteiger partial charge in [0.25, 0.3) is 0 Å². The Kier molecular flexibility index (Phi) is 6.83. The number of benzene rings is 1. The first kappa shape index (κ1) is 15.1. The second-order valence-electron chi connectivity index (χ2n) is 4.39. The number of likely N-dealkylation sites (N-methyl/N-ethyl adjacent to an activating group) is 1. The topological polar surface area (TPSA) is 15.3 Å². The van der Waals surface area contributed by atoms with E-state index in [0.29, 0.717) is 12.1 Å². The Morgan fingerprint density at radius 1 is 1.06 bits per heavy atom. The van der Waals surface area contributed by atoms with Crippen molar-refractivity contribution in [2.75, 3.05) is 26.2 Å². The minimum Gasteiger partial charge on any atom is -0.311 e. The maximum absolute atomic E-state index is 12.9. The van der Waals surface area contributed by atoms with Crippen molar-refractivity contribution in [1.29, 1.82) is 0 Å². The van der Waals surface area contributed by atoms with Crippen LogP contribution in [0, 0.1) is 11.6 Å². The minimum absolute atomic E-state index is 0.498. The highest BCUT2D eigenvalue weighted by atomic mass is 19.1. The number of hydrogen-bond donors (Lipinski definition) is 1. The van der Waals surface area contributed by atoms with Gasteiger partial charge in [0.05, 0.1) is 0 Å². The Morgan fingerprint density at radius 3 is 2.28 bits per heavy atom. The monoisotopic (exact) mass is 256 g/mol. The Morgan fingerprint density at radius 2 is 1.72 bits per heavy atom. The van der Waals surface area contributed by atoms with Gasteiger partial charge in [0, 0.05) is 25.7 Å². The largest absolute Gasteiger partial charge is 0.311 e. The molecule has 1 aromatic rings. The third-order valence-electron chi connectivity index (χ3n) is 2.84. The Balaban J connectivity index is 2.28. The number of nitrogens with one attached hydrogen (secondary N) is 1.